The van der Waals surface area contributed by atoms with Crippen molar-refractivity contribution in [2.75, 3.05) is 24.3 Å². The van der Waals surface area contributed by atoms with E-state index in [0.29, 0.717) is 12.1 Å². The third-order valence-corrected chi connectivity index (χ3v) is 3.87. The highest BCUT2D eigenvalue weighted by Crippen LogP contribution is 2.44. The van der Waals surface area contributed by atoms with Crippen molar-refractivity contribution in [2.45, 2.75) is 39.3 Å². The first-order valence-corrected chi connectivity index (χ1v) is 6.61. The third-order valence-electron chi connectivity index (χ3n) is 3.87. The Hall–Kier alpha value is -1.29. The maximum Gasteiger partial charge on any atom is 0.128 e. The van der Waals surface area contributed by atoms with Gasteiger partial charge in [0, 0.05) is 25.1 Å². The largest absolute Gasteiger partial charge is 0.378 e. The summed E-state index contributed by atoms with van der Waals surface area (Å²) in [6.45, 7) is 7.33. The van der Waals surface area contributed by atoms with E-state index in [1.54, 1.807) is 0 Å². The molecule has 1 heterocycles. The summed E-state index contributed by atoms with van der Waals surface area (Å²) in [4.78, 5) is 4.49. The van der Waals surface area contributed by atoms with Crippen LogP contribution in [0.3, 0.4) is 0 Å². The average Bonchev–Trinajstić information content (AvgIpc) is 2.38. The van der Waals surface area contributed by atoms with E-state index in [4.69, 9.17) is 4.74 Å². The van der Waals surface area contributed by atoms with Crippen LogP contribution in [0.15, 0.2) is 18.2 Å². The molecule has 2 N–H and O–H groups in total. The van der Waals surface area contributed by atoms with Gasteiger partial charge in [0.1, 0.15) is 11.6 Å². The van der Waals surface area contributed by atoms with Crippen LogP contribution in [0.25, 0.3) is 0 Å². The van der Waals surface area contributed by atoms with E-state index in [-0.39, 0.29) is 5.41 Å². The Bertz CT molecular complexity index is 406. The Morgan fingerprint density at radius 2 is 2.11 bits per heavy atom. The second-order valence-electron chi connectivity index (χ2n) is 5.36. The number of hydrogen-bond acceptors (Lipinski definition) is 4. The summed E-state index contributed by atoms with van der Waals surface area (Å²) in [5.74, 6) is 1.81. The van der Waals surface area contributed by atoms with Gasteiger partial charge in [0.2, 0.25) is 0 Å². The van der Waals surface area contributed by atoms with Crippen molar-refractivity contribution in [3.63, 3.8) is 0 Å². The zero-order valence-corrected chi connectivity index (χ0v) is 11.7. The minimum Gasteiger partial charge on any atom is -0.378 e. The van der Waals surface area contributed by atoms with E-state index in [1.807, 2.05) is 25.2 Å². The fourth-order valence-corrected chi connectivity index (χ4v) is 2.45. The number of nitrogens with zero attached hydrogens (tertiary/aromatic N) is 1. The van der Waals surface area contributed by atoms with Crippen molar-refractivity contribution in [1.29, 1.82) is 0 Å². The smallest absolute Gasteiger partial charge is 0.128 e. The molecule has 18 heavy (non-hydrogen) atoms. The fourth-order valence-electron chi connectivity index (χ4n) is 2.45. The molecule has 1 aliphatic rings. The molecule has 0 spiro atoms. The van der Waals surface area contributed by atoms with Gasteiger partial charge in [-0.25, -0.2) is 4.98 Å². The van der Waals surface area contributed by atoms with Gasteiger partial charge in [-0.15, -0.1) is 0 Å². The highest BCUT2D eigenvalue weighted by atomic mass is 16.5. The molecule has 4 heteroatoms. The summed E-state index contributed by atoms with van der Waals surface area (Å²) < 4.78 is 5.73. The predicted octanol–water partition coefficient (Wildman–Crippen LogP) is 2.74. The summed E-state index contributed by atoms with van der Waals surface area (Å²) in [5, 5.41) is 6.55. The summed E-state index contributed by atoms with van der Waals surface area (Å²) in [6, 6.07) is 6.39. The van der Waals surface area contributed by atoms with Crippen molar-refractivity contribution in [1.82, 2.24) is 4.98 Å². The van der Waals surface area contributed by atoms with E-state index in [2.05, 4.69) is 36.4 Å². The van der Waals surface area contributed by atoms with Crippen molar-refractivity contribution in [3.8, 4) is 0 Å². The van der Waals surface area contributed by atoms with Crippen molar-refractivity contribution in [3.05, 3.63) is 18.2 Å². The molecule has 1 aliphatic carbocycles. The van der Waals surface area contributed by atoms with Crippen molar-refractivity contribution >= 4 is 11.6 Å². The monoisotopic (exact) mass is 249 g/mol. The van der Waals surface area contributed by atoms with Gasteiger partial charge in [-0.2, -0.15) is 0 Å². The first-order chi connectivity index (χ1) is 8.57. The SMILES string of the molecule is CCOC1CC(Nc2cccc(NC)n2)C1(C)C. The Labute approximate surface area is 109 Å². The van der Waals surface area contributed by atoms with Crippen LogP contribution in [0.2, 0.25) is 0 Å². The zero-order valence-electron chi connectivity index (χ0n) is 11.7. The van der Waals surface area contributed by atoms with Gasteiger partial charge in [0.25, 0.3) is 0 Å². The number of pyridine rings is 1. The van der Waals surface area contributed by atoms with E-state index < -0.39 is 0 Å². The molecule has 2 atom stereocenters. The summed E-state index contributed by atoms with van der Waals surface area (Å²) in [6.07, 6.45) is 1.40. The van der Waals surface area contributed by atoms with Gasteiger partial charge in [0.05, 0.1) is 6.10 Å². The van der Waals surface area contributed by atoms with Crippen LogP contribution in [-0.4, -0.2) is 30.8 Å². The van der Waals surface area contributed by atoms with Crippen LogP contribution in [0.5, 0.6) is 0 Å². The number of anilines is 2. The molecule has 2 unspecified atom stereocenters. The highest BCUT2D eigenvalue weighted by Gasteiger charge is 2.48. The quantitative estimate of drug-likeness (QED) is 0.842. The Morgan fingerprint density at radius 3 is 2.72 bits per heavy atom. The highest BCUT2D eigenvalue weighted by molar-refractivity contribution is 5.46. The molecule has 1 aromatic rings. The maximum absolute atomic E-state index is 5.73. The van der Waals surface area contributed by atoms with Crippen LogP contribution in [0, 0.1) is 5.41 Å². The Kier molecular flexibility index (Phi) is 3.76. The molecule has 100 valence electrons. The first-order valence-electron chi connectivity index (χ1n) is 6.61. The second-order valence-corrected chi connectivity index (χ2v) is 5.36. The Balaban J connectivity index is 1.98. The molecule has 0 aliphatic heterocycles. The lowest BCUT2D eigenvalue weighted by molar-refractivity contribution is -0.0976. The van der Waals surface area contributed by atoms with Crippen LogP contribution in [0.1, 0.15) is 27.2 Å². The molecule has 2 rings (SSSR count). The minimum absolute atomic E-state index is 0.160. The van der Waals surface area contributed by atoms with E-state index >= 15 is 0 Å². The van der Waals surface area contributed by atoms with Gasteiger partial charge in [0.15, 0.2) is 0 Å². The number of rotatable bonds is 5. The average molecular weight is 249 g/mol. The molecule has 1 aromatic heterocycles. The predicted molar refractivity (Wildman–Crippen MR) is 75.0 cm³/mol. The van der Waals surface area contributed by atoms with Gasteiger partial charge >= 0.3 is 0 Å². The van der Waals surface area contributed by atoms with E-state index in [9.17, 15) is 0 Å². The summed E-state index contributed by atoms with van der Waals surface area (Å²) in [5.41, 5.74) is 0.160. The minimum atomic E-state index is 0.160. The normalized spacial score (nSPS) is 25.3. The lowest BCUT2D eigenvalue weighted by Crippen LogP contribution is -2.58. The topological polar surface area (TPSA) is 46.2 Å². The lowest BCUT2D eigenvalue weighted by Gasteiger charge is -2.51. The van der Waals surface area contributed by atoms with Gasteiger partial charge in [-0.05, 0) is 25.5 Å². The summed E-state index contributed by atoms with van der Waals surface area (Å²) in [7, 11) is 1.88. The number of nitrogens with one attached hydrogen (secondary N) is 2. The third kappa shape index (κ3) is 2.43. The van der Waals surface area contributed by atoms with Crippen LogP contribution >= 0.6 is 0 Å². The van der Waals surface area contributed by atoms with Crippen molar-refractivity contribution in [2.24, 2.45) is 5.41 Å². The number of ether oxygens (including phenoxy) is 1. The fraction of sp³-hybridized carbons (Fsp3) is 0.643. The van der Waals surface area contributed by atoms with Gasteiger partial charge in [-0.1, -0.05) is 19.9 Å². The molecular formula is C14H23N3O. The molecule has 1 fully saturated rings. The Morgan fingerprint density at radius 1 is 1.39 bits per heavy atom. The van der Waals surface area contributed by atoms with Crippen LogP contribution < -0.4 is 10.6 Å². The van der Waals surface area contributed by atoms with E-state index in [1.165, 1.54) is 0 Å². The molecule has 4 nitrogen and oxygen atoms in total. The molecule has 0 amide bonds. The van der Waals surface area contributed by atoms with Gasteiger partial charge in [-0.3, -0.25) is 0 Å². The zero-order chi connectivity index (χ0) is 13.2. The van der Waals surface area contributed by atoms with Crippen LogP contribution in [-0.2, 0) is 4.74 Å². The van der Waals surface area contributed by atoms with Crippen molar-refractivity contribution < 1.29 is 4.74 Å². The van der Waals surface area contributed by atoms with E-state index in [0.717, 1.165) is 24.7 Å². The standard InChI is InChI=1S/C14H23N3O/c1-5-18-11-9-10(14(11,2)3)16-13-8-6-7-12(15-4)17-13/h6-8,10-11H,5,9H2,1-4H3,(H2,15,16,17). The molecule has 0 bridgehead atoms. The van der Waals surface area contributed by atoms with Gasteiger partial charge < -0.3 is 15.4 Å². The maximum atomic E-state index is 5.73. The molecule has 1 saturated carbocycles. The number of hydrogen-bond donors (Lipinski definition) is 2. The molecule has 0 saturated heterocycles. The molecular weight excluding hydrogens is 226 g/mol. The lowest BCUT2D eigenvalue weighted by atomic mass is 9.64. The number of aromatic nitrogens is 1. The van der Waals surface area contributed by atoms with Crippen LogP contribution in [0.4, 0.5) is 11.6 Å². The second kappa shape index (κ2) is 5.14. The molecule has 0 radical (unpaired) electrons. The summed E-state index contributed by atoms with van der Waals surface area (Å²) >= 11 is 0. The first kappa shape index (κ1) is 13.1. The molecule has 0 aromatic carbocycles.